The normalized spacial score (nSPS) is 10.8. The second-order valence-corrected chi connectivity index (χ2v) is 4.46. The summed E-state index contributed by atoms with van der Waals surface area (Å²) in [5, 5.41) is 13.3. The van der Waals surface area contributed by atoms with Gasteiger partial charge in [0.05, 0.1) is 23.3 Å². The maximum Gasteiger partial charge on any atom is 0.323 e. The van der Waals surface area contributed by atoms with Crippen LogP contribution in [0.2, 0.25) is 0 Å². The predicted molar refractivity (Wildman–Crippen MR) is 72.0 cm³/mol. The zero-order valence-corrected chi connectivity index (χ0v) is 11.7. The number of nitrogens with zero attached hydrogens (tertiary/aromatic N) is 3. The molecule has 0 aliphatic carbocycles. The van der Waals surface area contributed by atoms with Crippen LogP contribution in [0, 0.1) is 6.92 Å². The monoisotopic (exact) mass is 293 g/mol. The number of pyridine rings is 1. The quantitative estimate of drug-likeness (QED) is 0.835. The van der Waals surface area contributed by atoms with Gasteiger partial charge >= 0.3 is 5.97 Å². The molecule has 0 radical (unpaired) electrons. The minimum atomic E-state index is -1.09. The Kier molecular flexibility index (Phi) is 4.49. The Balaban J connectivity index is 2.28. The van der Waals surface area contributed by atoms with Crippen LogP contribution in [0.5, 0.6) is 0 Å². The standard InChI is InChI=1S/C13H15N3O5/c1-8-10-5-9(6-14-12(10)21-15-8)13(19)16(3-4-20-2)7-11(17)18/h5-6H,3-4,7H2,1-2H3,(H,17,18). The number of carboxylic acid groups (broad SMARTS) is 1. The number of fused-ring (bicyclic) bond motifs is 1. The van der Waals surface area contributed by atoms with Gasteiger partial charge < -0.3 is 19.3 Å². The van der Waals surface area contributed by atoms with Crippen LogP contribution in [0.4, 0.5) is 0 Å². The average Bonchev–Trinajstić information content (AvgIpc) is 2.83. The highest BCUT2D eigenvalue weighted by atomic mass is 16.5. The zero-order chi connectivity index (χ0) is 15.4. The number of methoxy groups -OCH3 is 1. The first-order valence-corrected chi connectivity index (χ1v) is 6.25. The Morgan fingerprint density at radius 3 is 2.90 bits per heavy atom. The van der Waals surface area contributed by atoms with Crippen molar-refractivity contribution < 1.29 is 24.0 Å². The molecule has 2 aromatic rings. The third-order valence-corrected chi connectivity index (χ3v) is 2.94. The molecule has 0 aliphatic rings. The van der Waals surface area contributed by atoms with E-state index >= 15 is 0 Å². The van der Waals surface area contributed by atoms with E-state index in [-0.39, 0.29) is 18.7 Å². The number of carboxylic acids is 1. The summed E-state index contributed by atoms with van der Waals surface area (Å²) in [6, 6.07) is 1.60. The summed E-state index contributed by atoms with van der Waals surface area (Å²) in [6.45, 7) is 1.77. The minimum Gasteiger partial charge on any atom is -0.480 e. The first-order chi connectivity index (χ1) is 10.0. The van der Waals surface area contributed by atoms with Gasteiger partial charge in [-0.15, -0.1) is 0 Å². The largest absolute Gasteiger partial charge is 0.480 e. The van der Waals surface area contributed by atoms with E-state index < -0.39 is 18.4 Å². The van der Waals surface area contributed by atoms with Crippen molar-refractivity contribution in [3.05, 3.63) is 23.5 Å². The molecule has 8 nitrogen and oxygen atoms in total. The van der Waals surface area contributed by atoms with Crippen LogP contribution >= 0.6 is 0 Å². The van der Waals surface area contributed by atoms with Crippen molar-refractivity contribution in [2.45, 2.75) is 6.92 Å². The Bertz CT molecular complexity index is 667. The van der Waals surface area contributed by atoms with Gasteiger partial charge in [0.15, 0.2) is 0 Å². The van der Waals surface area contributed by atoms with E-state index in [0.29, 0.717) is 16.8 Å². The van der Waals surface area contributed by atoms with Gasteiger partial charge in [-0.3, -0.25) is 9.59 Å². The van der Waals surface area contributed by atoms with E-state index in [1.807, 2.05) is 0 Å². The van der Waals surface area contributed by atoms with Gasteiger partial charge in [-0.2, -0.15) is 0 Å². The SMILES string of the molecule is COCCN(CC(=O)O)C(=O)c1cnc2onc(C)c2c1. The van der Waals surface area contributed by atoms with E-state index in [9.17, 15) is 9.59 Å². The van der Waals surface area contributed by atoms with Gasteiger partial charge in [-0.05, 0) is 13.0 Å². The van der Waals surface area contributed by atoms with Crippen molar-refractivity contribution in [2.75, 3.05) is 26.8 Å². The predicted octanol–water partition coefficient (Wildman–Crippen LogP) is 0.704. The molecule has 1 amide bonds. The summed E-state index contributed by atoms with van der Waals surface area (Å²) >= 11 is 0. The molecule has 112 valence electrons. The first-order valence-electron chi connectivity index (χ1n) is 6.25. The molecule has 1 N–H and O–H groups in total. The molecule has 0 bridgehead atoms. The van der Waals surface area contributed by atoms with Gasteiger partial charge in [-0.1, -0.05) is 5.16 Å². The third-order valence-electron chi connectivity index (χ3n) is 2.94. The number of aryl methyl sites for hydroxylation is 1. The van der Waals surface area contributed by atoms with Crippen LogP contribution in [0.25, 0.3) is 11.1 Å². The molecule has 21 heavy (non-hydrogen) atoms. The summed E-state index contributed by atoms with van der Waals surface area (Å²) in [5.41, 5.74) is 1.24. The molecule has 0 atom stereocenters. The number of hydrogen-bond donors (Lipinski definition) is 1. The number of carbonyl (C=O) groups is 2. The number of aromatic nitrogens is 2. The highest BCUT2D eigenvalue weighted by Crippen LogP contribution is 2.17. The van der Waals surface area contributed by atoms with Crippen molar-refractivity contribution in [3.63, 3.8) is 0 Å². The zero-order valence-electron chi connectivity index (χ0n) is 11.7. The molecule has 2 rings (SSSR count). The summed E-state index contributed by atoms with van der Waals surface area (Å²) in [7, 11) is 1.48. The maximum atomic E-state index is 12.4. The van der Waals surface area contributed by atoms with Gasteiger partial charge in [-0.25, -0.2) is 4.98 Å². The lowest BCUT2D eigenvalue weighted by molar-refractivity contribution is -0.137. The Hall–Kier alpha value is -2.48. The van der Waals surface area contributed by atoms with Crippen LogP contribution in [-0.2, 0) is 9.53 Å². The molecule has 0 saturated heterocycles. The summed E-state index contributed by atoms with van der Waals surface area (Å²) < 4.78 is 9.86. The lowest BCUT2D eigenvalue weighted by Crippen LogP contribution is -2.38. The maximum absolute atomic E-state index is 12.4. The van der Waals surface area contributed by atoms with E-state index in [2.05, 4.69) is 10.1 Å². The summed E-state index contributed by atoms with van der Waals surface area (Å²) in [4.78, 5) is 28.4. The molecule has 0 aliphatic heterocycles. The van der Waals surface area contributed by atoms with E-state index in [1.165, 1.54) is 18.2 Å². The number of amides is 1. The van der Waals surface area contributed by atoms with Gasteiger partial charge in [0.2, 0.25) is 0 Å². The number of aliphatic carboxylic acids is 1. The van der Waals surface area contributed by atoms with Crippen molar-refractivity contribution in [1.82, 2.24) is 15.0 Å². The van der Waals surface area contributed by atoms with Crippen molar-refractivity contribution in [2.24, 2.45) is 0 Å². The van der Waals surface area contributed by atoms with E-state index in [0.717, 1.165) is 0 Å². The molecule has 0 saturated carbocycles. The fraction of sp³-hybridized carbons (Fsp3) is 0.385. The topological polar surface area (TPSA) is 106 Å². The highest BCUT2D eigenvalue weighted by Gasteiger charge is 2.20. The van der Waals surface area contributed by atoms with Gasteiger partial charge in [0.1, 0.15) is 6.54 Å². The van der Waals surface area contributed by atoms with Crippen molar-refractivity contribution in [1.29, 1.82) is 0 Å². The molecular formula is C13H15N3O5. The molecular weight excluding hydrogens is 278 g/mol. The number of rotatable bonds is 6. The van der Waals surface area contributed by atoms with Crippen LogP contribution in [0.1, 0.15) is 16.1 Å². The summed E-state index contributed by atoms with van der Waals surface area (Å²) in [5.74, 6) is -1.51. The smallest absolute Gasteiger partial charge is 0.323 e. The Morgan fingerprint density at radius 1 is 1.48 bits per heavy atom. The lowest BCUT2D eigenvalue weighted by atomic mass is 10.2. The third kappa shape index (κ3) is 3.34. The number of ether oxygens (including phenoxy) is 1. The molecule has 0 unspecified atom stereocenters. The lowest BCUT2D eigenvalue weighted by Gasteiger charge is -2.20. The van der Waals surface area contributed by atoms with Crippen LogP contribution < -0.4 is 0 Å². The molecule has 8 heteroatoms. The van der Waals surface area contributed by atoms with Crippen LogP contribution in [-0.4, -0.2) is 58.8 Å². The van der Waals surface area contributed by atoms with Crippen molar-refractivity contribution >= 4 is 23.0 Å². The average molecular weight is 293 g/mol. The molecule has 0 fully saturated rings. The van der Waals surface area contributed by atoms with E-state index in [1.54, 1.807) is 13.0 Å². The molecule has 0 spiro atoms. The van der Waals surface area contributed by atoms with Crippen LogP contribution in [0.3, 0.4) is 0 Å². The fourth-order valence-corrected chi connectivity index (χ4v) is 1.86. The van der Waals surface area contributed by atoms with Crippen molar-refractivity contribution in [3.8, 4) is 0 Å². The fourth-order valence-electron chi connectivity index (χ4n) is 1.86. The molecule has 0 aromatic carbocycles. The Morgan fingerprint density at radius 2 is 2.24 bits per heavy atom. The minimum absolute atomic E-state index is 0.183. The Labute approximate surface area is 120 Å². The number of hydrogen-bond acceptors (Lipinski definition) is 6. The second kappa shape index (κ2) is 6.31. The van der Waals surface area contributed by atoms with Crippen LogP contribution in [0.15, 0.2) is 16.8 Å². The molecule has 2 aromatic heterocycles. The first kappa shape index (κ1) is 14.9. The van der Waals surface area contributed by atoms with Gasteiger partial charge in [0, 0.05) is 19.9 Å². The molecule has 2 heterocycles. The van der Waals surface area contributed by atoms with E-state index in [4.69, 9.17) is 14.4 Å². The summed E-state index contributed by atoms with van der Waals surface area (Å²) in [6.07, 6.45) is 1.34. The highest BCUT2D eigenvalue weighted by molar-refractivity contribution is 5.98. The van der Waals surface area contributed by atoms with Gasteiger partial charge in [0.25, 0.3) is 11.6 Å². The second-order valence-electron chi connectivity index (χ2n) is 4.46. The number of carbonyl (C=O) groups excluding carboxylic acids is 1.